The minimum absolute atomic E-state index is 0.165. The van der Waals surface area contributed by atoms with Crippen molar-refractivity contribution >= 4 is 34.7 Å². The molecule has 0 aromatic heterocycles. The Morgan fingerprint density at radius 1 is 1.30 bits per heavy atom. The summed E-state index contributed by atoms with van der Waals surface area (Å²) in [4.78, 5) is 13.4. The van der Waals surface area contributed by atoms with Crippen molar-refractivity contribution in [3.05, 3.63) is 27.7 Å². The summed E-state index contributed by atoms with van der Waals surface area (Å²) >= 11 is 12.5. The maximum Gasteiger partial charge on any atom is 0.172 e. The number of carbonyl (C=O) groups excluding carboxylic acids is 1. The molecule has 3 nitrogen and oxygen atoms in total. The first-order valence-corrected chi connectivity index (χ1v) is 9.02. The summed E-state index contributed by atoms with van der Waals surface area (Å²) in [6.45, 7) is 9.97. The number of anilines is 1. The van der Waals surface area contributed by atoms with Gasteiger partial charge < -0.3 is 10.6 Å². The second-order valence-electron chi connectivity index (χ2n) is 7.22. The molecule has 1 heterocycles. The molecule has 1 fully saturated rings. The zero-order valence-electron chi connectivity index (χ0n) is 14.3. The third-order valence-electron chi connectivity index (χ3n) is 4.30. The zero-order valence-corrected chi connectivity index (χ0v) is 15.8. The van der Waals surface area contributed by atoms with Gasteiger partial charge >= 0.3 is 0 Å². The minimum Gasteiger partial charge on any atom is -0.381 e. The van der Waals surface area contributed by atoms with Gasteiger partial charge in [-0.05, 0) is 51.3 Å². The van der Waals surface area contributed by atoms with Crippen LogP contribution in [0.15, 0.2) is 12.1 Å². The van der Waals surface area contributed by atoms with E-state index >= 15 is 0 Å². The van der Waals surface area contributed by atoms with Gasteiger partial charge in [0.15, 0.2) is 5.78 Å². The summed E-state index contributed by atoms with van der Waals surface area (Å²) in [5.74, 6) is 0.626. The number of carbonyl (C=O) groups is 1. The topological polar surface area (TPSA) is 41.1 Å². The number of benzene rings is 1. The van der Waals surface area contributed by atoms with Gasteiger partial charge in [-0.25, -0.2) is 0 Å². The average molecular weight is 357 g/mol. The lowest BCUT2D eigenvalue weighted by Crippen LogP contribution is -2.35. The van der Waals surface area contributed by atoms with Crippen molar-refractivity contribution in [3.63, 3.8) is 0 Å². The van der Waals surface area contributed by atoms with E-state index in [0.29, 0.717) is 27.2 Å². The van der Waals surface area contributed by atoms with Gasteiger partial charge in [0.2, 0.25) is 0 Å². The van der Waals surface area contributed by atoms with Crippen molar-refractivity contribution in [1.29, 1.82) is 0 Å². The quantitative estimate of drug-likeness (QED) is 0.702. The Bertz CT molecular complexity index is 579. The highest BCUT2D eigenvalue weighted by Gasteiger charge is 2.42. The predicted molar refractivity (Wildman–Crippen MR) is 98.9 cm³/mol. The first-order chi connectivity index (χ1) is 10.8. The summed E-state index contributed by atoms with van der Waals surface area (Å²) in [7, 11) is 0. The van der Waals surface area contributed by atoms with Gasteiger partial charge in [-0.2, -0.15) is 0 Å². The second-order valence-corrected chi connectivity index (χ2v) is 8.00. The number of halogens is 2. The smallest absolute Gasteiger partial charge is 0.172 e. The fraction of sp³-hybridized carbons (Fsp3) is 0.611. The van der Waals surface area contributed by atoms with Crippen molar-refractivity contribution in [1.82, 2.24) is 5.32 Å². The van der Waals surface area contributed by atoms with Gasteiger partial charge in [0, 0.05) is 23.6 Å². The van der Waals surface area contributed by atoms with Crippen LogP contribution in [0.4, 0.5) is 5.69 Å². The summed E-state index contributed by atoms with van der Waals surface area (Å²) in [5, 5.41) is 7.55. The van der Waals surface area contributed by atoms with Crippen LogP contribution in [0.5, 0.6) is 0 Å². The molecule has 2 rings (SSSR count). The largest absolute Gasteiger partial charge is 0.381 e. The van der Waals surface area contributed by atoms with Crippen molar-refractivity contribution in [2.45, 2.75) is 46.6 Å². The van der Waals surface area contributed by atoms with Gasteiger partial charge in [-0.15, -0.1) is 0 Å². The first-order valence-electron chi connectivity index (χ1n) is 8.27. The van der Waals surface area contributed by atoms with E-state index in [0.717, 1.165) is 25.9 Å². The molecule has 1 saturated heterocycles. The van der Waals surface area contributed by atoms with Gasteiger partial charge in [0.05, 0.1) is 15.7 Å². The lowest BCUT2D eigenvalue weighted by atomic mass is 9.73. The lowest BCUT2D eigenvalue weighted by molar-refractivity contribution is 0.0783. The SMILES string of the molecule is CC(C)CC1(C(=O)c2ccc(Cl)c(Cl)c2NC(C)C)CCNC1. The van der Waals surface area contributed by atoms with E-state index in [2.05, 4.69) is 24.5 Å². The van der Waals surface area contributed by atoms with Gasteiger partial charge in [-0.1, -0.05) is 37.0 Å². The molecule has 0 saturated carbocycles. The summed E-state index contributed by atoms with van der Waals surface area (Å²) in [5.41, 5.74) is 0.963. The van der Waals surface area contributed by atoms with E-state index in [1.165, 1.54) is 0 Å². The van der Waals surface area contributed by atoms with Crippen LogP contribution in [0.2, 0.25) is 10.0 Å². The first kappa shape index (κ1) is 18.6. The number of Topliss-reactive ketones (excluding diaryl/α,β-unsaturated/α-hetero) is 1. The third kappa shape index (κ3) is 4.01. The van der Waals surface area contributed by atoms with Crippen LogP contribution >= 0.6 is 23.2 Å². The Kier molecular flexibility index (Phi) is 5.99. The van der Waals surface area contributed by atoms with Crippen LogP contribution in [0, 0.1) is 11.3 Å². The van der Waals surface area contributed by atoms with Gasteiger partial charge in [0.25, 0.3) is 0 Å². The number of ketones is 1. The molecule has 0 radical (unpaired) electrons. The molecule has 0 amide bonds. The summed E-state index contributed by atoms with van der Waals surface area (Å²) in [6.07, 6.45) is 1.74. The Hall–Kier alpha value is -0.770. The van der Waals surface area contributed by atoms with Crippen LogP contribution in [0.3, 0.4) is 0 Å². The molecule has 1 unspecified atom stereocenters. The number of rotatable bonds is 6. The highest BCUT2D eigenvalue weighted by Crippen LogP contribution is 2.41. The van der Waals surface area contributed by atoms with E-state index in [1.807, 2.05) is 19.9 Å². The molecule has 5 heteroatoms. The Morgan fingerprint density at radius 3 is 2.52 bits per heavy atom. The molecule has 1 aromatic carbocycles. The molecule has 2 N–H and O–H groups in total. The van der Waals surface area contributed by atoms with E-state index in [9.17, 15) is 4.79 Å². The number of hydrogen-bond acceptors (Lipinski definition) is 3. The minimum atomic E-state index is -0.348. The summed E-state index contributed by atoms with van der Waals surface area (Å²) < 4.78 is 0. The molecule has 1 aromatic rings. The van der Waals surface area contributed by atoms with E-state index in [4.69, 9.17) is 23.2 Å². The van der Waals surface area contributed by atoms with Crippen molar-refractivity contribution in [2.24, 2.45) is 11.3 Å². The molecule has 1 atom stereocenters. The number of nitrogens with one attached hydrogen (secondary N) is 2. The lowest BCUT2D eigenvalue weighted by Gasteiger charge is -2.30. The van der Waals surface area contributed by atoms with Gasteiger partial charge in [0.1, 0.15) is 0 Å². The van der Waals surface area contributed by atoms with E-state index < -0.39 is 0 Å². The van der Waals surface area contributed by atoms with Gasteiger partial charge in [-0.3, -0.25) is 4.79 Å². The fourth-order valence-electron chi connectivity index (χ4n) is 3.44. The molecule has 0 spiro atoms. The van der Waals surface area contributed by atoms with Crippen LogP contribution < -0.4 is 10.6 Å². The summed E-state index contributed by atoms with van der Waals surface area (Å²) in [6, 6.07) is 3.69. The fourth-order valence-corrected chi connectivity index (χ4v) is 3.82. The maximum atomic E-state index is 13.4. The maximum absolute atomic E-state index is 13.4. The Labute approximate surface area is 149 Å². The normalized spacial score (nSPS) is 21.2. The molecular formula is C18H26Cl2N2O. The second kappa shape index (κ2) is 7.42. The monoisotopic (exact) mass is 356 g/mol. The molecule has 23 heavy (non-hydrogen) atoms. The zero-order chi connectivity index (χ0) is 17.2. The molecular weight excluding hydrogens is 331 g/mol. The molecule has 1 aliphatic rings. The average Bonchev–Trinajstić information content (AvgIpc) is 2.92. The highest BCUT2D eigenvalue weighted by molar-refractivity contribution is 6.44. The predicted octanol–water partition coefficient (Wildman–Crippen LogP) is 5.02. The molecule has 128 valence electrons. The van der Waals surface area contributed by atoms with E-state index in [1.54, 1.807) is 6.07 Å². The third-order valence-corrected chi connectivity index (χ3v) is 5.10. The van der Waals surface area contributed by atoms with E-state index in [-0.39, 0.29) is 17.2 Å². The van der Waals surface area contributed by atoms with Crippen LogP contribution in [0.1, 0.15) is 50.9 Å². The van der Waals surface area contributed by atoms with Crippen LogP contribution in [0.25, 0.3) is 0 Å². The number of hydrogen-bond donors (Lipinski definition) is 2. The van der Waals surface area contributed by atoms with Crippen molar-refractivity contribution < 1.29 is 4.79 Å². The highest BCUT2D eigenvalue weighted by atomic mass is 35.5. The molecule has 0 aliphatic carbocycles. The molecule has 0 bridgehead atoms. The van der Waals surface area contributed by atoms with Crippen molar-refractivity contribution in [2.75, 3.05) is 18.4 Å². The Morgan fingerprint density at radius 2 is 2.00 bits per heavy atom. The van der Waals surface area contributed by atoms with Crippen molar-refractivity contribution in [3.8, 4) is 0 Å². The Balaban J connectivity index is 2.47. The molecule has 1 aliphatic heterocycles. The van der Waals surface area contributed by atoms with Crippen LogP contribution in [-0.4, -0.2) is 24.9 Å². The van der Waals surface area contributed by atoms with Crippen LogP contribution in [-0.2, 0) is 0 Å². The standard InChI is InChI=1S/C18H26Cl2N2O/c1-11(2)9-18(7-8-21-10-18)17(23)13-5-6-14(19)15(20)16(13)22-12(3)4/h5-6,11-12,21-22H,7-10H2,1-4H3.